The van der Waals surface area contributed by atoms with Crippen LogP contribution in [-0.4, -0.2) is 68.2 Å². The molecular weight excluding hydrogens is 378 g/mol. The second kappa shape index (κ2) is 9.18. The van der Waals surface area contributed by atoms with Crippen molar-refractivity contribution in [3.63, 3.8) is 0 Å². The van der Waals surface area contributed by atoms with E-state index in [1.807, 2.05) is 54.4 Å². The second-order valence-electron chi connectivity index (χ2n) is 6.79. The van der Waals surface area contributed by atoms with Crippen LogP contribution in [0.3, 0.4) is 0 Å². The molecule has 7 nitrogen and oxygen atoms in total. The van der Waals surface area contributed by atoms with Gasteiger partial charge in [0.25, 0.3) is 0 Å². The minimum atomic E-state index is -3.50. The predicted molar refractivity (Wildman–Crippen MR) is 108 cm³/mol. The fraction of sp³-hybridized carbons (Fsp3) is 0.350. The number of benzene rings is 1. The van der Waals surface area contributed by atoms with E-state index in [1.54, 1.807) is 17.2 Å². The number of nitrogens with zero attached hydrogens (tertiary/aromatic N) is 3. The van der Waals surface area contributed by atoms with Gasteiger partial charge in [-0.25, -0.2) is 8.42 Å². The highest BCUT2D eigenvalue weighted by molar-refractivity contribution is 7.92. The lowest BCUT2D eigenvalue weighted by molar-refractivity contribution is -0.133. The number of likely N-dealkylation sites (N-methyl/N-ethyl adjacent to an activating group) is 1. The summed E-state index contributed by atoms with van der Waals surface area (Å²) in [5.74, 6) is 0.794. The molecule has 0 bridgehead atoms. The number of sulfonamides is 1. The van der Waals surface area contributed by atoms with Crippen LogP contribution in [0.2, 0.25) is 0 Å². The smallest absolute Gasteiger partial charge is 0.236 e. The van der Waals surface area contributed by atoms with Crippen LogP contribution in [0.5, 0.6) is 0 Å². The highest BCUT2D eigenvalue weighted by Crippen LogP contribution is 2.12. The number of amides is 1. The van der Waals surface area contributed by atoms with Gasteiger partial charge in [-0.15, -0.1) is 0 Å². The Balaban J connectivity index is 1.49. The van der Waals surface area contributed by atoms with Crippen molar-refractivity contribution in [2.24, 2.45) is 0 Å². The van der Waals surface area contributed by atoms with Gasteiger partial charge in [-0.3, -0.25) is 9.69 Å². The molecule has 0 unspecified atom stereocenters. The fourth-order valence-corrected chi connectivity index (χ4v) is 4.24. The Kier molecular flexibility index (Phi) is 6.66. The molecule has 0 saturated carbocycles. The molecule has 1 aromatic heterocycles. The molecule has 0 aliphatic carbocycles. The summed E-state index contributed by atoms with van der Waals surface area (Å²) < 4.78 is 31.7. The summed E-state index contributed by atoms with van der Waals surface area (Å²) in [7, 11) is -1.64. The number of carbonyl (C=O) groups is 1. The average molecular weight is 404 g/mol. The van der Waals surface area contributed by atoms with Crippen LogP contribution >= 0.6 is 0 Å². The van der Waals surface area contributed by atoms with Crippen molar-refractivity contribution in [2.45, 2.75) is 6.54 Å². The minimum absolute atomic E-state index is 0.00840. The van der Waals surface area contributed by atoms with Gasteiger partial charge in [0.15, 0.2) is 0 Å². The second-order valence-corrected chi connectivity index (χ2v) is 8.61. The van der Waals surface area contributed by atoms with Gasteiger partial charge in [0, 0.05) is 31.6 Å². The molecule has 1 amide bonds. The van der Waals surface area contributed by atoms with Crippen LogP contribution in [0.1, 0.15) is 11.3 Å². The van der Waals surface area contributed by atoms with Crippen LogP contribution in [0, 0.1) is 0 Å². The molecule has 3 rings (SSSR count). The van der Waals surface area contributed by atoms with E-state index in [1.165, 1.54) is 9.71 Å². The molecule has 0 atom stereocenters. The predicted octanol–water partition coefficient (Wildman–Crippen LogP) is 1.86. The first-order valence-electron chi connectivity index (χ1n) is 9.16. The Morgan fingerprint density at radius 3 is 2.46 bits per heavy atom. The van der Waals surface area contributed by atoms with Crippen LogP contribution in [0.15, 0.2) is 58.6 Å². The zero-order chi connectivity index (χ0) is 20.0. The fourth-order valence-electron chi connectivity index (χ4n) is 3.06. The molecule has 0 spiro atoms. The molecule has 150 valence electrons. The molecule has 1 saturated heterocycles. The summed E-state index contributed by atoms with van der Waals surface area (Å²) in [4.78, 5) is 16.1. The third-order valence-electron chi connectivity index (χ3n) is 4.59. The van der Waals surface area contributed by atoms with E-state index in [0.717, 1.165) is 11.3 Å². The largest absolute Gasteiger partial charge is 0.468 e. The molecule has 1 aliphatic heterocycles. The van der Waals surface area contributed by atoms with Crippen molar-refractivity contribution in [1.29, 1.82) is 0 Å². The quantitative estimate of drug-likeness (QED) is 0.705. The first kappa shape index (κ1) is 20.3. The minimum Gasteiger partial charge on any atom is -0.468 e. The third-order valence-corrected chi connectivity index (χ3v) is 6.16. The Morgan fingerprint density at radius 2 is 1.82 bits per heavy atom. The molecule has 1 aromatic carbocycles. The Hall–Kier alpha value is -2.42. The van der Waals surface area contributed by atoms with Gasteiger partial charge in [-0.05, 0) is 30.8 Å². The van der Waals surface area contributed by atoms with Crippen molar-refractivity contribution in [3.8, 4) is 0 Å². The highest BCUT2D eigenvalue weighted by Gasteiger charge is 2.27. The van der Waals surface area contributed by atoms with E-state index in [0.29, 0.717) is 32.7 Å². The summed E-state index contributed by atoms with van der Waals surface area (Å²) in [6.07, 6.45) is 3.20. The van der Waals surface area contributed by atoms with E-state index in [2.05, 4.69) is 0 Å². The Labute approximate surface area is 165 Å². The van der Waals surface area contributed by atoms with Gasteiger partial charge >= 0.3 is 0 Å². The van der Waals surface area contributed by atoms with Gasteiger partial charge in [0.2, 0.25) is 15.9 Å². The normalized spacial score (nSPS) is 16.1. The third kappa shape index (κ3) is 5.54. The highest BCUT2D eigenvalue weighted by atomic mass is 32.2. The summed E-state index contributed by atoms with van der Waals surface area (Å²) in [5, 5.41) is 1.23. The van der Waals surface area contributed by atoms with E-state index in [4.69, 9.17) is 4.42 Å². The van der Waals surface area contributed by atoms with Gasteiger partial charge in [-0.1, -0.05) is 30.3 Å². The van der Waals surface area contributed by atoms with Crippen LogP contribution in [0.4, 0.5) is 0 Å². The molecule has 28 heavy (non-hydrogen) atoms. The van der Waals surface area contributed by atoms with E-state index >= 15 is 0 Å². The lowest BCUT2D eigenvalue weighted by Gasteiger charge is -2.34. The van der Waals surface area contributed by atoms with Gasteiger partial charge in [0.05, 0.1) is 19.4 Å². The summed E-state index contributed by atoms with van der Waals surface area (Å²) in [6, 6.07) is 13.0. The van der Waals surface area contributed by atoms with Crippen molar-refractivity contribution in [2.75, 3.05) is 39.8 Å². The maximum Gasteiger partial charge on any atom is 0.236 e. The SMILES string of the molecule is CN(CC(=O)N1CCN(S(=O)(=O)/C=C/c2ccccc2)CC1)Cc1ccco1. The maximum atomic E-state index is 12.5. The standard InChI is InChI=1S/C20H25N3O4S/c1-21(16-19-8-5-14-27-19)17-20(24)22-10-12-23(13-11-22)28(25,26)15-9-18-6-3-2-4-7-18/h2-9,14-15H,10-13,16-17H2,1H3/b15-9+. The molecule has 0 radical (unpaired) electrons. The topological polar surface area (TPSA) is 74.1 Å². The van der Waals surface area contributed by atoms with Crippen LogP contribution in [0.25, 0.3) is 6.08 Å². The number of furan rings is 1. The first-order chi connectivity index (χ1) is 13.4. The first-order valence-corrected chi connectivity index (χ1v) is 10.7. The van der Waals surface area contributed by atoms with Crippen LogP contribution in [-0.2, 0) is 21.4 Å². The lowest BCUT2D eigenvalue weighted by atomic mass is 10.2. The number of hydrogen-bond acceptors (Lipinski definition) is 5. The van der Waals surface area contributed by atoms with E-state index in [9.17, 15) is 13.2 Å². The number of rotatable bonds is 7. The summed E-state index contributed by atoms with van der Waals surface area (Å²) in [5.41, 5.74) is 0.833. The summed E-state index contributed by atoms with van der Waals surface area (Å²) in [6.45, 7) is 2.21. The van der Waals surface area contributed by atoms with E-state index < -0.39 is 10.0 Å². The van der Waals surface area contributed by atoms with Crippen molar-refractivity contribution >= 4 is 22.0 Å². The van der Waals surface area contributed by atoms with Crippen LogP contribution < -0.4 is 0 Å². The molecule has 1 fully saturated rings. The molecule has 2 heterocycles. The molecule has 2 aromatic rings. The lowest BCUT2D eigenvalue weighted by Crippen LogP contribution is -2.51. The van der Waals surface area contributed by atoms with Gasteiger partial charge in [0.1, 0.15) is 5.76 Å². The Morgan fingerprint density at radius 1 is 1.11 bits per heavy atom. The van der Waals surface area contributed by atoms with Crippen molar-refractivity contribution in [3.05, 3.63) is 65.5 Å². The number of carbonyl (C=O) groups excluding carboxylic acids is 1. The monoisotopic (exact) mass is 403 g/mol. The zero-order valence-corrected chi connectivity index (χ0v) is 16.7. The van der Waals surface area contributed by atoms with Crippen molar-refractivity contribution < 1.29 is 17.6 Å². The zero-order valence-electron chi connectivity index (χ0n) is 15.9. The van der Waals surface area contributed by atoms with Gasteiger partial charge < -0.3 is 9.32 Å². The molecule has 0 N–H and O–H groups in total. The Bertz CT molecular complexity index is 887. The maximum absolute atomic E-state index is 12.5. The van der Waals surface area contributed by atoms with Gasteiger partial charge in [-0.2, -0.15) is 4.31 Å². The number of hydrogen-bond donors (Lipinski definition) is 0. The van der Waals surface area contributed by atoms with Crippen molar-refractivity contribution in [1.82, 2.24) is 14.1 Å². The summed E-state index contributed by atoms with van der Waals surface area (Å²) >= 11 is 0. The number of piperazine rings is 1. The average Bonchev–Trinajstić information content (AvgIpc) is 3.20. The van der Waals surface area contributed by atoms with E-state index in [-0.39, 0.29) is 12.5 Å². The molecule has 1 aliphatic rings. The molecular formula is C20H25N3O4S. The molecule has 8 heteroatoms.